The van der Waals surface area contributed by atoms with Gasteiger partial charge in [-0.1, -0.05) is 42.5 Å². The Kier molecular flexibility index (Phi) is 8.78. The van der Waals surface area contributed by atoms with E-state index in [1.165, 1.54) is 12.1 Å². The number of aliphatic carboxylic acids is 1. The molecule has 3 aromatic rings. The summed E-state index contributed by atoms with van der Waals surface area (Å²) in [6.45, 7) is 2.97. The van der Waals surface area contributed by atoms with Crippen molar-refractivity contribution in [2.24, 2.45) is 0 Å². The Bertz CT molecular complexity index is 1140. The van der Waals surface area contributed by atoms with E-state index in [1.54, 1.807) is 0 Å². The molecule has 196 valence electrons. The van der Waals surface area contributed by atoms with Gasteiger partial charge < -0.3 is 20.1 Å². The van der Waals surface area contributed by atoms with Gasteiger partial charge in [0, 0.05) is 45.1 Å². The molecule has 1 fully saturated rings. The molecule has 4 rings (SSSR count). The van der Waals surface area contributed by atoms with Gasteiger partial charge in [0.05, 0.1) is 12.0 Å². The number of hydrogen-bond donors (Lipinski definition) is 2. The van der Waals surface area contributed by atoms with Crippen molar-refractivity contribution in [3.8, 4) is 11.1 Å². The number of ether oxygens (including phenoxy) is 1. The van der Waals surface area contributed by atoms with E-state index in [9.17, 15) is 18.0 Å². The van der Waals surface area contributed by atoms with E-state index in [0.29, 0.717) is 32.8 Å². The number of anilines is 1. The predicted molar refractivity (Wildman–Crippen MR) is 135 cm³/mol. The minimum atomic E-state index is -4.35. The monoisotopic (exact) mass is 513 g/mol. The maximum Gasteiger partial charge on any atom is 0.416 e. The zero-order valence-corrected chi connectivity index (χ0v) is 20.4. The van der Waals surface area contributed by atoms with Crippen molar-refractivity contribution in [3.05, 3.63) is 83.6 Å². The Morgan fingerprint density at radius 1 is 0.973 bits per heavy atom. The van der Waals surface area contributed by atoms with Crippen LogP contribution in [0, 0.1) is 0 Å². The lowest BCUT2D eigenvalue weighted by atomic mass is 10.0. The molecule has 2 heterocycles. The minimum absolute atomic E-state index is 0.0701. The predicted octanol–water partition coefficient (Wildman–Crippen LogP) is 5.52. The number of halogens is 3. The van der Waals surface area contributed by atoms with Gasteiger partial charge >= 0.3 is 12.1 Å². The van der Waals surface area contributed by atoms with Crippen LogP contribution in [0.5, 0.6) is 0 Å². The number of nitrogens with zero attached hydrogens (tertiary/aromatic N) is 2. The standard InChI is InChI=1S/C28H30F3N3O3/c29-28(30,31)24-8-6-23(7-9-24)22-4-1-20(2-5-22)19-34(25-12-15-37-16-13-25)26-10-3-21(18-33-26)17-32-14-11-27(35)36/h1-10,18,25,32H,11-17,19H2,(H,35,36). The first kappa shape index (κ1) is 26.6. The molecule has 0 amide bonds. The number of carboxylic acids is 1. The fourth-order valence-corrected chi connectivity index (χ4v) is 4.36. The van der Waals surface area contributed by atoms with Gasteiger partial charge in [-0.15, -0.1) is 0 Å². The van der Waals surface area contributed by atoms with Crippen molar-refractivity contribution in [2.45, 2.75) is 44.6 Å². The van der Waals surface area contributed by atoms with E-state index >= 15 is 0 Å². The molecule has 37 heavy (non-hydrogen) atoms. The summed E-state index contributed by atoms with van der Waals surface area (Å²) < 4.78 is 44.2. The van der Waals surface area contributed by atoms with Crippen LogP contribution in [0.1, 0.15) is 36.0 Å². The maximum absolute atomic E-state index is 12.9. The quantitative estimate of drug-likeness (QED) is 0.348. The van der Waals surface area contributed by atoms with Gasteiger partial charge in [0.25, 0.3) is 0 Å². The van der Waals surface area contributed by atoms with Crippen LogP contribution < -0.4 is 10.2 Å². The van der Waals surface area contributed by atoms with Gasteiger partial charge in [-0.05, 0) is 53.3 Å². The topological polar surface area (TPSA) is 74.7 Å². The number of nitrogens with one attached hydrogen (secondary N) is 1. The van der Waals surface area contributed by atoms with Gasteiger partial charge in [-0.25, -0.2) is 4.98 Å². The SMILES string of the molecule is O=C(O)CCNCc1ccc(N(Cc2ccc(-c3ccc(C(F)(F)F)cc3)cc2)C2CCOCC2)nc1. The molecule has 6 nitrogen and oxygen atoms in total. The molecule has 1 aliphatic rings. The number of carboxylic acid groups (broad SMARTS) is 1. The average molecular weight is 514 g/mol. The second kappa shape index (κ2) is 12.2. The van der Waals surface area contributed by atoms with Crippen molar-refractivity contribution in [1.82, 2.24) is 10.3 Å². The van der Waals surface area contributed by atoms with Gasteiger partial charge in [-0.3, -0.25) is 4.79 Å². The molecule has 0 atom stereocenters. The van der Waals surface area contributed by atoms with Gasteiger partial charge in [-0.2, -0.15) is 13.2 Å². The fourth-order valence-electron chi connectivity index (χ4n) is 4.36. The summed E-state index contributed by atoms with van der Waals surface area (Å²) in [5, 5.41) is 11.9. The van der Waals surface area contributed by atoms with Crippen LogP contribution in [0.15, 0.2) is 66.9 Å². The largest absolute Gasteiger partial charge is 0.481 e. The molecular weight excluding hydrogens is 483 g/mol. The highest BCUT2D eigenvalue weighted by Gasteiger charge is 2.30. The lowest BCUT2D eigenvalue weighted by Gasteiger charge is -2.35. The van der Waals surface area contributed by atoms with E-state index in [-0.39, 0.29) is 12.5 Å². The lowest BCUT2D eigenvalue weighted by molar-refractivity contribution is -0.138. The molecule has 0 saturated carbocycles. The van der Waals surface area contributed by atoms with Crippen LogP contribution in [0.3, 0.4) is 0 Å². The van der Waals surface area contributed by atoms with Crippen LogP contribution >= 0.6 is 0 Å². The van der Waals surface area contributed by atoms with Crippen LogP contribution in [0.4, 0.5) is 19.0 Å². The summed E-state index contributed by atoms with van der Waals surface area (Å²) in [6.07, 6.45) is -0.684. The molecule has 9 heteroatoms. The number of carbonyl (C=O) groups is 1. The Morgan fingerprint density at radius 2 is 1.59 bits per heavy atom. The van der Waals surface area contributed by atoms with Crippen LogP contribution in [0.2, 0.25) is 0 Å². The van der Waals surface area contributed by atoms with Crippen molar-refractivity contribution in [1.29, 1.82) is 0 Å². The van der Waals surface area contributed by atoms with Gasteiger partial charge in [0.2, 0.25) is 0 Å². The molecule has 0 radical (unpaired) electrons. The highest BCUT2D eigenvalue weighted by atomic mass is 19.4. The first-order valence-corrected chi connectivity index (χ1v) is 12.3. The first-order valence-electron chi connectivity index (χ1n) is 12.3. The molecule has 1 saturated heterocycles. The third kappa shape index (κ3) is 7.53. The average Bonchev–Trinajstić information content (AvgIpc) is 2.90. The number of aromatic nitrogens is 1. The third-order valence-corrected chi connectivity index (χ3v) is 6.43. The summed E-state index contributed by atoms with van der Waals surface area (Å²) in [6, 6.07) is 17.3. The molecule has 1 aliphatic heterocycles. The summed E-state index contributed by atoms with van der Waals surface area (Å²) in [4.78, 5) is 17.6. The minimum Gasteiger partial charge on any atom is -0.481 e. The van der Waals surface area contributed by atoms with Crippen LogP contribution in [-0.4, -0.2) is 41.9 Å². The molecule has 0 spiro atoms. The molecule has 2 aromatic carbocycles. The van der Waals surface area contributed by atoms with Crippen LogP contribution in [0.25, 0.3) is 11.1 Å². The fraction of sp³-hybridized carbons (Fsp3) is 0.357. The highest BCUT2D eigenvalue weighted by Crippen LogP contribution is 2.31. The van der Waals surface area contributed by atoms with Crippen molar-refractivity contribution < 1.29 is 27.8 Å². The molecule has 0 aliphatic carbocycles. The number of pyridine rings is 1. The number of alkyl halides is 3. The first-order chi connectivity index (χ1) is 17.8. The molecule has 0 bridgehead atoms. The highest BCUT2D eigenvalue weighted by molar-refractivity contribution is 5.66. The zero-order chi connectivity index (χ0) is 26.3. The molecule has 1 aromatic heterocycles. The van der Waals surface area contributed by atoms with Crippen LogP contribution in [-0.2, 0) is 28.8 Å². The van der Waals surface area contributed by atoms with E-state index in [1.807, 2.05) is 42.6 Å². The Hall–Kier alpha value is -3.43. The Balaban J connectivity index is 1.45. The van der Waals surface area contributed by atoms with Crippen molar-refractivity contribution >= 4 is 11.8 Å². The smallest absolute Gasteiger partial charge is 0.416 e. The second-order valence-electron chi connectivity index (χ2n) is 9.09. The summed E-state index contributed by atoms with van der Waals surface area (Å²) in [5.41, 5.74) is 2.97. The molecular formula is C28H30F3N3O3. The normalized spacial score (nSPS) is 14.5. The Morgan fingerprint density at radius 3 is 2.16 bits per heavy atom. The van der Waals surface area contributed by atoms with E-state index < -0.39 is 17.7 Å². The summed E-state index contributed by atoms with van der Waals surface area (Å²) in [7, 11) is 0. The number of benzene rings is 2. The summed E-state index contributed by atoms with van der Waals surface area (Å²) >= 11 is 0. The lowest BCUT2D eigenvalue weighted by Crippen LogP contribution is -2.39. The van der Waals surface area contributed by atoms with E-state index in [0.717, 1.165) is 53.0 Å². The van der Waals surface area contributed by atoms with Crippen molar-refractivity contribution in [2.75, 3.05) is 24.7 Å². The van der Waals surface area contributed by atoms with E-state index in [2.05, 4.69) is 10.2 Å². The second-order valence-corrected chi connectivity index (χ2v) is 9.09. The van der Waals surface area contributed by atoms with Gasteiger partial charge in [0.1, 0.15) is 5.82 Å². The number of rotatable bonds is 10. The maximum atomic E-state index is 12.9. The Labute approximate surface area is 214 Å². The van der Waals surface area contributed by atoms with Crippen molar-refractivity contribution in [3.63, 3.8) is 0 Å². The third-order valence-electron chi connectivity index (χ3n) is 6.43. The van der Waals surface area contributed by atoms with Gasteiger partial charge in [0.15, 0.2) is 0 Å². The zero-order valence-electron chi connectivity index (χ0n) is 20.4. The molecule has 0 unspecified atom stereocenters. The summed E-state index contributed by atoms with van der Waals surface area (Å²) in [5.74, 6) is 0.0217. The molecule has 2 N–H and O–H groups in total. The van der Waals surface area contributed by atoms with E-state index in [4.69, 9.17) is 14.8 Å². The number of hydrogen-bond acceptors (Lipinski definition) is 5.